The second kappa shape index (κ2) is 7.31. The molecular weight excluding hydrogens is 292 g/mol. The van der Waals surface area contributed by atoms with Gasteiger partial charge < -0.3 is 14.6 Å². The Hall–Kier alpha value is -2.30. The molecule has 0 bridgehead atoms. The van der Waals surface area contributed by atoms with Gasteiger partial charge in [-0.25, -0.2) is 4.79 Å². The number of methoxy groups -OCH3 is 1. The molecule has 0 spiro atoms. The number of carbonyl (C=O) groups excluding carboxylic acids is 2. The molecule has 0 saturated heterocycles. The summed E-state index contributed by atoms with van der Waals surface area (Å²) in [5.41, 5.74) is 2.32. The standard InChI is InChI=1S/C18H24N2O3/c1-12(2)17(18(22)23-4)19-16(21)8-10-20-9-7-14-11-13(3)5-6-15(14)20/h5-7,9,11-12,17H,8,10H2,1-4H3,(H,19,21)/t17-/m1/s1. The highest BCUT2D eigenvalue weighted by atomic mass is 16.5. The smallest absolute Gasteiger partial charge is 0.328 e. The quantitative estimate of drug-likeness (QED) is 0.834. The lowest BCUT2D eigenvalue weighted by atomic mass is 10.0. The number of nitrogens with zero attached hydrogens (tertiary/aromatic N) is 1. The van der Waals surface area contributed by atoms with Crippen LogP contribution >= 0.6 is 0 Å². The molecule has 1 amide bonds. The summed E-state index contributed by atoms with van der Waals surface area (Å²) in [4.78, 5) is 23.8. The molecule has 1 aromatic heterocycles. The minimum Gasteiger partial charge on any atom is -0.467 e. The maximum absolute atomic E-state index is 12.1. The zero-order valence-electron chi connectivity index (χ0n) is 14.1. The highest BCUT2D eigenvalue weighted by molar-refractivity contribution is 5.85. The van der Waals surface area contributed by atoms with Gasteiger partial charge in [0.25, 0.3) is 0 Å². The van der Waals surface area contributed by atoms with Crippen LogP contribution in [0.25, 0.3) is 10.9 Å². The van der Waals surface area contributed by atoms with E-state index in [4.69, 9.17) is 4.74 Å². The number of benzene rings is 1. The van der Waals surface area contributed by atoms with Crippen LogP contribution in [-0.4, -0.2) is 29.6 Å². The molecule has 5 nitrogen and oxygen atoms in total. The van der Waals surface area contributed by atoms with Gasteiger partial charge in [-0.2, -0.15) is 0 Å². The predicted molar refractivity (Wildman–Crippen MR) is 90.1 cm³/mol. The molecule has 5 heteroatoms. The third kappa shape index (κ3) is 4.12. The van der Waals surface area contributed by atoms with E-state index in [1.165, 1.54) is 18.1 Å². The Labute approximate surface area is 136 Å². The second-order valence-electron chi connectivity index (χ2n) is 6.13. The van der Waals surface area contributed by atoms with Crippen LogP contribution in [0.15, 0.2) is 30.5 Å². The Morgan fingerprint density at radius 2 is 2.00 bits per heavy atom. The Balaban J connectivity index is 1.99. The molecule has 0 radical (unpaired) electrons. The third-order valence-corrected chi connectivity index (χ3v) is 3.94. The number of aryl methyl sites for hydroxylation is 2. The van der Waals surface area contributed by atoms with Gasteiger partial charge in [0.05, 0.1) is 7.11 Å². The number of hydrogen-bond acceptors (Lipinski definition) is 3. The van der Waals surface area contributed by atoms with Crippen molar-refractivity contribution in [2.24, 2.45) is 5.92 Å². The first kappa shape index (κ1) is 17.1. The fourth-order valence-electron chi connectivity index (χ4n) is 2.61. The first-order chi connectivity index (χ1) is 10.9. The largest absolute Gasteiger partial charge is 0.467 e. The van der Waals surface area contributed by atoms with E-state index in [1.54, 1.807) is 0 Å². The van der Waals surface area contributed by atoms with Gasteiger partial charge in [-0.05, 0) is 36.4 Å². The summed E-state index contributed by atoms with van der Waals surface area (Å²) >= 11 is 0. The Morgan fingerprint density at radius 1 is 1.26 bits per heavy atom. The fourth-order valence-corrected chi connectivity index (χ4v) is 2.61. The highest BCUT2D eigenvalue weighted by Gasteiger charge is 2.24. The van der Waals surface area contributed by atoms with Gasteiger partial charge in [0, 0.05) is 24.7 Å². The van der Waals surface area contributed by atoms with Crippen LogP contribution in [-0.2, 0) is 20.9 Å². The van der Waals surface area contributed by atoms with Crippen LogP contribution < -0.4 is 5.32 Å². The van der Waals surface area contributed by atoms with Crippen molar-refractivity contribution in [3.05, 3.63) is 36.0 Å². The number of rotatable bonds is 6. The van der Waals surface area contributed by atoms with Crippen LogP contribution in [0.4, 0.5) is 0 Å². The van der Waals surface area contributed by atoms with Crippen molar-refractivity contribution in [3.8, 4) is 0 Å². The van der Waals surface area contributed by atoms with Gasteiger partial charge in [-0.15, -0.1) is 0 Å². The molecular formula is C18H24N2O3. The van der Waals surface area contributed by atoms with Crippen LogP contribution in [0.2, 0.25) is 0 Å². The van der Waals surface area contributed by atoms with Crippen molar-refractivity contribution in [1.29, 1.82) is 0 Å². The lowest BCUT2D eigenvalue weighted by Crippen LogP contribution is -2.45. The fraction of sp³-hybridized carbons (Fsp3) is 0.444. The third-order valence-electron chi connectivity index (χ3n) is 3.94. The normalized spacial score (nSPS) is 12.4. The number of amides is 1. The molecule has 1 N–H and O–H groups in total. The van der Waals surface area contributed by atoms with E-state index in [1.807, 2.05) is 26.1 Å². The summed E-state index contributed by atoms with van der Waals surface area (Å²) in [6, 6.07) is 7.69. The van der Waals surface area contributed by atoms with Gasteiger partial charge >= 0.3 is 5.97 Å². The van der Waals surface area contributed by atoms with E-state index in [0.717, 1.165) is 5.52 Å². The lowest BCUT2D eigenvalue weighted by molar-refractivity contribution is -0.146. The zero-order valence-corrected chi connectivity index (χ0v) is 14.1. The first-order valence-corrected chi connectivity index (χ1v) is 7.85. The number of carbonyl (C=O) groups is 2. The second-order valence-corrected chi connectivity index (χ2v) is 6.13. The summed E-state index contributed by atoms with van der Waals surface area (Å²) in [6.45, 7) is 6.39. The lowest BCUT2D eigenvalue weighted by Gasteiger charge is -2.19. The number of aromatic nitrogens is 1. The van der Waals surface area contributed by atoms with E-state index in [-0.39, 0.29) is 11.8 Å². The zero-order chi connectivity index (χ0) is 17.0. The van der Waals surface area contributed by atoms with E-state index in [9.17, 15) is 9.59 Å². The maximum Gasteiger partial charge on any atom is 0.328 e. The van der Waals surface area contributed by atoms with Crippen LogP contribution in [0.1, 0.15) is 25.8 Å². The molecule has 23 heavy (non-hydrogen) atoms. The van der Waals surface area contributed by atoms with Gasteiger partial charge in [0.1, 0.15) is 6.04 Å². The predicted octanol–water partition coefficient (Wildman–Crippen LogP) is 2.65. The summed E-state index contributed by atoms with van der Waals surface area (Å²) in [6.07, 6.45) is 2.30. The molecule has 0 aliphatic carbocycles. The minimum absolute atomic E-state index is 0.0122. The van der Waals surface area contributed by atoms with Crippen molar-refractivity contribution in [2.75, 3.05) is 7.11 Å². The molecule has 1 heterocycles. The van der Waals surface area contributed by atoms with Crippen molar-refractivity contribution >= 4 is 22.8 Å². The minimum atomic E-state index is -0.600. The van der Waals surface area contributed by atoms with Gasteiger partial charge in [-0.3, -0.25) is 4.79 Å². The van der Waals surface area contributed by atoms with Gasteiger partial charge in [0.2, 0.25) is 5.91 Å². The van der Waals surface area contributed by atoms with E-state index < -0.39 is 12.0 Å². The van der Waals surface area contributed by atoms with E-state index >= 15 is 0 Å². The number of nitrogens with one attached hydrogen (secondary N) is 1. The number of hydrogen-bond donors (Lipinski definition) is 1. The molecule has 124 valence electrons. The Morgan fingerprint density at radius 3 is 2.65 bits per heavy atom. The summed E-state index contributed by atoms with van der Waals surface area (Å²) in [5.74, 6) is -0.569. The molecule has 1 aromatic carbocycles. The van der Waals surface area contributed by atoms with Gasteiger partial charge in [0.15, 0.2) is 0 Å². The molecule has 0 aliphatic heterocycles. The molecule has 2 rings (SSSR count). The maximum atomic E-state index is 12.1. The molecule has 0 unspecified atom stereocenters. The topological polar surface area (TPSA) is 60.3 Å². The molecule has 2 aromatic rings. The summed E-state index contributed by atoms with van der Waals surface area (Å²) in [7, 11) is 1.33. The molecule has 0 fully saturated rings. The van der Waals surface area contributed by atoms with Crippen molar-refractivity contribution < 1.29 is 14.3 Å². The highest BCUT2D eigenvalue weighted by Crippen LogP contribution is 2.17. The number of esters is 1. The molecule has 0 saturated carbocycles. The molecule has 1 atom stereocenters. The van der Waals surface area contributed by atoms with E-state index in [2.05, 4.69) is 35.0 Å². The first-order valence-electron chi connectivity index (χ1n) is 7.85. The Kier molecular flexibility index (Phi) is 5.42. The Bertz CT molecular complexity index is 703. The molecule has 0 aliphatic rings. The van der Waals surface area contributed by atoms with Crippen molar-refractivity contribution in [1.82, 2.24) is 9.88 Å². The van der Waals surface area contributed by atoms with Gasteiger partial charge in [-0.1, -0.05) is 25.5 Å². The van der Waals surface area contributed by atoms with Crippen molar-refractivity contribution in [2.45, 2.75) is 39.8 Å². The van der Waals surface area contributed by atoms with Crippen LogP contribution in [0, 0.1) is 12.8 Å². The average molecular weight is 316 g/mol. The summed E-state index contributed by atoms with van der Waals surface area (Å²) < 4.78 is 6.79. The average Bonchev–Trinajstić information content (AvgIpc) is 2.91. The number of fused-ring (bicyclic) bond motifs is 1. The monoisotopic (exact) mass is 316 g/mol. The van der Waals surface area contributed by atoms with Crippen molar-refractivity contribution in [3.63, 3.8) is 0 Å². The van der Waals surface area contributed by atoms with Crippen LogP contribution in [0.5, 0.6) is 0 Å². The van der Waals surface area contributed by atoms with Crippen LogP contribution in [0.3, 0.4) is 0 Å². The SMILES string of the molecule is COC(=O)[C@H](NC(=O)CCn1ccc2cc(C)ccc21)C(C)C. The summed E-state index contributed by atoms with van der Waals surface area (Å²) in [5, 5.41) is 3.93. The number of ether oxygens (including phenoxy) is 1. The van der Waals surface area contributed by atoms with E-state index in [0.29, 0.717) is 13.0 Å².